The van der Waals surface area contributed by atoms with Crippen LogP contribution in [0.1, 0.15) is 5.56 Å². The fourth-order valence-corrected chi connectivity index (χ4v) is 0.994. The van der Waals surface area contributed by atoms with E-state index in [4.69, 9.17) is 4.84 Å². The van der Waals surface area contributed by atoms with Gasteiger partial charge >= 0.3 is 0 Å². The third-order valence-corrected chi connectivity index (χ3v) is 1.78. The summed E-state index contributed by atoms with van der Waals surface area (Å²) in [5, 5.41) is 6.24. The van der Waals surface area contributed by atoms with Crippen LogP contribution in [0.4, 0.5) is 0 Å². The number of carbonyl (C=O) groups is 1. The number of nitrogens with one attached hydrogen (secondary N) is 1. The average molecular weight is 218 g/mol. The minimum Gasteiger partial charge on any atom is -0.391 e. The molecule has 1 amide bonds. The Morgan fingerprint density at radius 1 is 1.44 bits per heavy atom. The fraction of sp³-hybridized carbons (Fsp3) is 0.167. The van der Waals surface area contributed by atoms with Gasteiger partial charge in [0.2, 0.25) is 5.91 Å². The SMILES string of the molecule is C=CC(=O)NC/C=N/OCc1ccccc1. The van der Waals surface area contributed by atoms with E-state index in [1.165, 1.54) is 12.3 Å². The Hall–Kier alpha value is -2.10. The molecule has 0 spiro atoms. The Morgan fingerprint density at radius 3 is 2.88 bits per heavy atom. The Morgan fingerprint density at radius 2 is 2.19 bits per heavy atom. The van der Waals surface area contributed by atoms with Crippen molar-refractivity contribution in [1.29, 1.82) is 0 Å². The Bertz CT molecular complexity index is 361. The normalized spacial score (nSPS) is 10.0. The van der Waals surface area contributed by atoms with Gasteiger partial charge in [0.25, 0.3) is 0 Å². The highest BCUT2D eigenvalue weighted by Gasteiger charge is 1.90. The molecule has 84 valence electrons. The molecule has 0 fully saturated rings. The first-order valence-corrected chi connectivity index (χ1v) is 4.91. The molecule has 0 atom stereocenters. The van der Waals surface area contributed by atoms with Crippen LogP contribution in [0.25, 0.3) is 0 Å². The molecule has 0 heterocycles. The summed E-state index contributed by atoms with van der Waals surface area (Å²) in [7, 11) is 0. The summed E-state index contributed by atoms with van der Waals surface area (Å²) < 4.78 is 0. The van der Waals surface area contributed by atoms with E-state index in [9.17, 15) is 4.79 Å². The quantitative estimate of drug-likeness (QED) is 0.447. The summed E-state index contributed by atoms with van der Waals surface area (Å²) in [6.07, 6.45) is 2.70. The molecule has 1 rings (SSSR count). The van der Waals surface area contributed by atoms with E-state index in [2.05, 4.69) is 17.1 Å². The molecule has 4 nitrogen and oxygen atoms in total. The van der Waals surface area contributed by atoms with Crippen molar-refractivity contribution in [3.05, 3.63) is 48.6 Å². The van der Waals surface area contributed by atoms with Crippen LogP contribution in [0.2, 0.25) is 0 Å². The van der Waals surface area contributed by atoms with Crippen LogP contribution < -0.4 is 5.32 Å². The first kappa shape index (κ1) is 12.0. The highest BCUT2D eigenvalue weighted by molar-refractivity contribution is 5.88. The number of benzene rings is 1. The summed E-state index contributed by atoms with van der Waals surface area (Å²) in [6, 6.07) is 9.72. The third-order valence-electron chi connectivity index (χ3n) is 1.78. The number of carbonyl (C=O) groups excluding carboxylic acids is 1. The van der Waals surface area contributed by atoms with Crippen LogP contribution in [0.3, 0.4) is 0 Å². The number of nitrogens with zero attached hydrogens (tertiary/aromatic N) is 1. The molecule has 1 N–H and O–H groups in total. The monoisotopic (exact) mass is 218 g/mol. The number of hydrogen-bond donors (Lipinski definition) is 1. The van der Waals surface area contributed by atoms with Gasteiger partial charge in [-0.3, -0.25) is 4.79 Å². The van der Waals surface area contributed by atoms with Crippen molar-refractivity contribution in [3.8, 4) is 0 Å². The molecule has 0 unspecified atom stereocenters. The van der Waals surface area contributed by atoms with Crippen molar-refractivity contribution in [2.45, 2.75) is 6.61 Å². The zero-order chi connectivity index (χ0) is 11.6. The second-order valence-corrected chi connectivity index (χ2v) is 3.00. The highest BCUT2D eigenvalue weighted by Crippen LogP contribution is 1.99. The van der Waals surface area contributed by atoms with Gasteiger partial charge < -0.3 is 10.2 Å². The van der Waals surface area contributed by atoms with Gasteiger partial charge in [-0.05, 0) is 11.6 Å². The van der Waals surface area contributed by atoms with E-state index in [0.717, 1.165) is 5.56 Å². The summed E-state index contributed by atoms with van der Waals surface area (Å²) in [5.41, 5.74) is 1.05. The topological polar surface area (TPSA) is 50.7 Å². The lowest BCUT2D eigenvalue weighted by atomic mass is 10.2. The lowest BCUT2D eigenvalue weighted by Crippen LogP contribution is -2.22. The van der Waals surface area contributed by atoms with Crippen LogP contribution in [-0.2, 0) is 16.2 Å². The van der Waals surface area contributed by atoms with Gasteiger partial charge in [-0.2, -0.15) is 0 Å². The minimum absolute atomic E-state index is 0.227. The lowest BCUT2D eigenvalue weighted by molar-refractivity contribution is -0.116. The zero-order valence-corrected chi connectivity index (χ0v) is 8.93. The number of amides is 1. The molecule has 0 saturated carbocycles. The predicted molar refractivity (Wildman–Crippen MR) is 62.9 cm³/mol. The van der Waals surface area contributed by atoms with Gasteiger partial charge in [-0.1, -0.05) is 42.1 Å². The Kier molecular flexibility index (Phi) is 5.41. The summed E-state index contributed by atoms with van der Waals surface area (Å²) in [4.78, 5) is 15.8. The van der Waals surface area contributed by atoms with Gasteiger partial charge in [0.15, 0.2) is 0 Å². The first-order valence-electron chi connectivity index (χ1n) is 4.91. The van der Waals surface area contributed by atoms with Crippen molar-refractivity contribution >= 4 is 12.1 Å². The van der Waals surface area contributed by atoms with Crippen LogP contribution in [0, 0.1) is 0 Å². The molecule has 0 bridgehead atoms. The number of hydrogen-bond acceptors (Lipinski definition) is 3. The molecule has 1 aromatic carbocycles. The molecule has 0 saturated heterocycles. The van der Waals surface area contributed by atoms with Crippen LogP contribution in [-0.4, -0.2) is 18.7 Å². The molecular formula is C12H14N2O2. The van der Waals surface area contributed by atoms with Crippen LogP contribution in [0.5, 0.6) is 0 Å². The Labute approximate surface area is 94.6 Å². The highest BCUT2D eigenvalue weighted by atomic mass is 16.6. The molecule has 4 heteroatoms. The van der Waals surface area contributed by atoms with Gasteiger partial charge in [-0.25, -0.2) is 0 Å². The molecule has 0 aliphatic rings. The smallest absolute Gasteiger partial charge is 0.243 e. The van der Waals surface area contributed by atoms with Crippen LogP contribution in [0.15, 0.2) is 48.1 Å². The van der Waals surface area contributed by atoms with E-state index in [-0.39, 0.29) is 5.91 Å². The minimum atomic E-state index is -0.227. The number of oxime groups is 1. The van der Waals surface area contributed by atoms with E-state index in [1.54, 1.807) is 0 Å². The molecule has 0 aliphatic carbocycles. The van der Waals surface area contributed by atoms with Crippen molar-refractivity contribution in [1.82, 2.24) is 5.32 Å². The van der Waals surface area contributed by atoms with Crippen LogP contribution >= 0.6 is 0 Å². The first-order chi connectivity index (χ1) is 7.83. The number of rotatable bonds is 6. The largest absolute Gasteiger partial charge is 0.391 e. The van der Waals surface area contributed by atoms with Crippen molar-refractivity contribution in [3.63, 3.8) is 0 Å². The second-order valence-electron chi connectivity index (χ2n) is 3.00. The van der Waals surface area contributed by atoms with Gasteiger partial charge in [0.1, 0.15) is 6.61 Å². The molecule has 1 aromatic rings. The third kappa shape index (κ3) is 4.95. The average Bonchev–Trinajstić information content (AvgIpc) is 2.34. The maximum Gasteiger partial charge on any atom is 0.243 e. The molecular weight excluding hydrogens is 204 g/mol. The maximum absolute atomic E-state index is 10.7. The summed E-state index contributed by atoms with van der Waals surface area (Å²) >= 11 is 0. The standard InChI is InChI=1S/C12H14N2O2/c1-2-12(15)13-8-9-14-16-10-11-6-4-3-5-7-11/h2-7,9H,1,8,10H2,(H,13,15)/b14-9+. The van der Waals surface area contributed by atoms with E-state index in [1.807, 2.05) is 30.3 Å². The zero-order valence-electron chi connectivity index (χ0n) is 8.93. The van der Waals surface area contributed by atoms with Gasteiger partial charge in [-0.15, -0.1) is 0 Å². The van der Waals surface area contributed by atoms with Crippen molar-refractivity contribution in [2.75, 3.05) is 6.54 Å². The molecule has 16 heavy (non-hydrogen) atoms. The van der Waals surface area contributed by atoms with Gasteiger partial charge in [0, 0.05) is 0 Å². The van der Waals surface area contributed by atoms with Crippen molar-refractivity contribution in [2.24, 2.45) is 5.16 Å². The predicted octanol–water partition coefficient (Wildman–Crippen LogP) is 1.49. The molecule has 0 radical (unpaired) electrons. The molecule has 0 aromatic heterocycles. The lowest BCUT2D eigenvalue weighted by Gasteiger charge is -1.99. The summed E-state index contributed by atoms with van der Waals surface area (Å²) in [5.74, 6) is -0.227. The van der Waals surface area contributed by atoms with E-state index >= 15 is 0 Å². The maximum atomic E-state index is 10.7. The molecule has 0 aliphatic heterocycles. The fourth-order valence-electron chi connectivity index (χ4n) is 0.994. The van der Waals surface area contributed by atoms with Crippen molar-refractivity contribution < 1.29 is 9.63 Å². The Balaban J connectivity index is 2.13. The van der Waals surface area contributed by atoms with E-state index in [0.29, 0.717) is 13.2 Å². The summed E-state index contributed by atoms with van der Waals surface area (Å²) in [6.45, 7) is 4.08. The van der Waals surface area contributed by atoms with Gasteiger partial charge in [0.05, 0.1) is 12.8 Å². The second kappa shape index (κ2) is 7.23. The van der Waals surface area contributed by atoms with E-state index < -0.39 is 0 Å².